The van der Waals surface area contributed by atoms with Gasteiger partial charge in [-0.1, -0.05) is 76.6 Å². The molecule has 0 amide bonds. The first-order chi connectivity index (χ1) is 12.2. The van der Waals surface area contributed by atoms with Crippen molar-refractivity contribution in [3.63, 3.8) is 0 Å². The largest absolute Gasteiger partial charge is 0.422 e. The molecule has 3 heteroatoms. The highest BCUT2D eigenvalue weighted by atomic mass is 79.9. The van der Waals surface area contributed by atoms with Gasteiger partial charge in [-0.15, -0.1) is 0 Å². The fourth-order valence-corrected chi connectivity index (χ4v) is 3.47. The van der Waals surface area contributed by atoms with E-state index in [1.807, 2.05) is 78.9 Å². The average molecular weight is 391 g/mol. The molecule has 122 valence electrons. The Labute approximate surface area is 153 Å². The lowest BCUT2D eigenvalue weighted by Gasteiger charge is -2.12. The molecule has 1 aromatic heterocycles. The van der Waals surface area contributed by atoms with E-state index in [2.05, 4.69) is 15.9 Å². The van der Waals surface area contributed by atoms with Crippen molar-refractivity contribution in [1.82, 2.24) is 0 Å². The molecule has 25 heavy (non-hydrogen) atoms. The first kappa shape index (κ1) is 15.9. The van der Waals surface area contributed by atoms with Gasteiger partial charge >= 0.3 is 5.63 Å². The normalized spacial score (nSPS) is 10.9. The van der Waals surface area contributed by atoms with Gasteiger partial charge in [0.25, 0.3) is 0 Å². The second kappa shape index (κ2) is 6.69. The Hall–Kier alpha value is -2.65. The van der Waals surface area contributed by atoms with Crippen molar-refractivity contribution in [2.75, 3.05) is 0 Å². The molecule has 0 unspecified atom stereocenters. The molecule has 0 aliphatic carbocycles. The summed E-state index contributed by atoms with van der Waals surface area (Å²) in [6.45, 7) is 0. The van der Waals surface area contributed by atoms with Crippen molar-refractivity contribution in [3.05, 3.63) is 105 Å². The molecule has 0 saturated heterocycles. The standard InChI is InChI=1S/C22H15BrO2/c23-17-11-12-20-18(14-17)21(16-9-5-2-6-10-16)19(22(24)25-20)13-15-7-3-1-4-8-15/h1-12,14H,13H2. The van der Waals surface area contributed by atoms with Crippen LogP contribution in [0.4, 0.5) is 0 Å². The van der Waals surface area contributed by atoms with Gasteiger partial charge in [-0.2, -0.15) is 0 Å². The molecule has 0 radical (unpaired) electrons. The van der Waals surface area contributed by atoms with Gasteiger partial charge in [0.2, 0.25) is 0 Å². The lowest BCUT2D eigenvalue weighted by Crippen LogP contribution is -2.10. The predicted octanol–water partition coefficient (Wildman–Crippen LogP) is 5.81. The molecule has 3 aromatic carbocycles. The molecule has 0 aliphatic heterocycles. The highest BCUT2D eigenvalue weighted by molar-refractivity contribution is 9.10. The zero-order valence-electron chi connectivity index (χ0n) is 13.4. The summed E-state index contributed by atoms with van der Waals surface area (Å²) in [6.07, 6.45) is 0.538. The highest BCUT2D eigenvalue weighted by Crippen LogP contribution is 2.33. The van der Waals surface area contributed by atoms with Gasteiger partial charge in [0.1, 0.15) is 5.58 Å². The monoisotopic (exact) mass is 390 g/mol. The summed E-state index contributed by atoms with van der Waals surface area (Å²) in [4.78, 5) is 12.7. The molecule has 0 fully saturated rings. The van der Waals surface area contributed by atoms with Gasteiger partial charge in [0.05, 0.1) is 5.56 Å². The van der Waals surface area contributed by atoms with E-state index in [1.165, 1.54) is 0 Å². The van der Waals surface area contributed by atoms with Gasteiger partial charge < -0.3 is 4.42 Å². The Morgan fingerprint density at radius 3 is 2.24 bits per heavy atom. The Bertz CT molecular complexity index is 1080. The Morgan fingerprint density at radius 2 is 1.52 bits per heavy atom. The van der Waals surface area contributed by atoms with Crippen molar-refractivity contribution in [2.45, 2.75) is 6.42 Å². The Kier molecular flexibility index (Phi) is 4.24. The Morgan fingerprint density at radius 1 is 0.840 bits per heavy atom. The van der Waals surface area contributed by atoms with Crippen LogP contribution in [0.25, 0.3) is 22.1 Å². The average Bonchev–Trinajstić information content (AvgIpc) is 2.64. The first-order valence-corrected chi connectivity index (χ1v) is 8.86. The minimum atomic E-state index is -0.280. The van der Waals surface area contributed by atoms with Crippen molar-refractivity contribution in [1.29, 1.82) is 0 Å². The molecule has 0 atom stereocenters. The van der Waals surface area contributed by atoms with E-state index in [-0.39, 0.29) is 5.63 Å². The van der Waals surface area contributed by atoms with Gasteiger partial charge in [-0.05, 0) is 29.3 Å². The van der Waals surface area contributed by atoms with Gasteiger partial charge in [0.15, 0.2) is 0 Å². The van der Waals surface area contributed by atoms with Gasteiger partial charge in [0, 0.05) is 21.8 Å². The molecule has 0 bridgehead atoms. The SMILES string of the molecule is O=c1oc2ccc(Br)cc2c(-c2ccccc2)c1Cc1ccccc1. The third-order valence-corrected chi connectivity index (χ3v) is 4.74. The zero-order chi connectivity index (χ0) is 17.2. The van der Waals surface area contributed by atoms with E-state index in [1.54, 1.807) is 0 Å². The quantitative estimate of drug-likeness (QED) is 0.413. The molecule has 1 heterocycles. The molecular formula is C22H15BrO2. The van der Waals surface area contributed by atoms with Crippen LogP contribution in [0.5, 0.6) is 0 Å². The van der Waals surface area contributed by atoms with Crippen molar-refractivity contribution in [2.24, 2.45) is 0 Å². The number of halogens is 1. The number of fused-ring (bicyclic) bond motifs is 1. The van der Waals surface area contributed by atoms with E-state index in [0.717, 1.165) is 26.5 Å². The third kappa shape index (κ3) is 3.15. The molecule has 2 nitrogen and oxygen atoms in total. The second-order valence-corrected chi connectivity index (χ2v) is 6.83. The molecule has 0 saturated carbocycles. The van der Waals surface area contributed by atoms with Gasteiger partial charge in [-0.25, -0.2) is 4.79 Å². The van der Waals surface area contributed by atoms with E-state index in [9.17, 15) is 4.79 Å². The smallest absolute Gasteiger partial charge is 0.340 e. The minimum Gasteiger partial charge on any atom is -0.422 e. The molecular weight excluding hydrogens is 376 g/mol. The molecule has 4 rings (SSSR count). The summed E-state index contributed by atoms with van der Waals surface area (Å²) in [7, 11) is 0. The van der Waals surface area contributed by atoms with Crippen LogP contribution in [0.1, 0.15) is 11.1 Å². The van der Waals surface area contributed by atoms with E-state index in [4.69, 9.17) is 4.42 Å². The van der Waals surface area contributed by atoms with Crippen LogP contribution >= 0.6 is 15.9 Å². The zero-order valence-corrected chi connectivity index (χ0v) is 15.0. The fourth-order valence-electron chi connectivity index (χ4n) is 3.11. The van der Waals surface area contributed by atoms with E-state index in [0.29, 0.717) is 17.6 Å². The first-order valence-electron chi connectivity index (χ1n) is 8.07. The van der Waals surface area contributed by atoms with Crippen LogP contribution in [0, 0.1) is 0 Å². The second-order valence-electron chi connectivity index (χ2n) is 5.91. The predicted molar refractivity (Wildman–Crippen MR) is 105 cm³/mol. The molecule has 4 aromatic rings. The van der Waals surface area contributed by atoms with Crippen LogP contribution in [0.2, 0.25) is 0 Å². The third-order valence-electron chi connectivity index (χ3n) is 4.25. The summed E-state index contributed by atoms with van der Waals surface area (Å²) in [5.41, 5.74) is 4.05. The lowest BCUT2D eigenvalue weighted by atomic mass is 9.93. The van der Waals surface area contributed by atoms with Crippen molar-refractivity contribution in [3.8, 4) is 11.1 Å². The molecule has 0 N–H and O–H groups in total. The maximum atomic E-state index is 12.7. The van der Waals surface area contributed by atoms with Crippen LogP contribution in [-0.2, 0) is 6.42 Å². The van der Waals surface area contributed by atoms with Crippen LogP contribution in [-0.4, -0.2) is 0 Å². The van der Waals surface area contributed by atoms with Gasteiger partial charge in [-0.3, -0.25) is 0 Å². The maximum absolute atomic E-state index is 12.7. The Balaban J connectivity index is 2.04. The highest BCUT2D eigenvalue weighted by Gasteiger charge is 2.17. The number of hydrogen-bond donors (Lipinski definition) is 0. The van der Waals surface area contributed by atoms with Crippen LogP contribution < -0.4 is 5.63 Å². The summed E-state index contributed by atoms with van der Waals surface area (Å²) >= 11 is 3.53. The lowest BCUT2D eigenvalue weighted by molar-refractivity contribution is 0.553. The van der Waals surface area contributed by atoms with E-state index >= 15 is 0 Å². The van der Waals surface area contributed by atoms with E-state index < -0.39 is 0 Å². The molecule has 0 spiro atoms. The summed E-state index contributed by atoms with van der Waals surface area (Å²) in [5.74, 6) is 0. The number of rotatable bonds is 3. The summed E-state index contributed by atoms with van der Waals surface area (Å²) in [5, 5.41) is 0.936. The topological polar surface area (TPSA) is 30.2 Å². The van der Waals surface area contributed by atoms with Crippen molar-refractivity contribution < 1.29 is 4.42 Å². The summed E-state index contributed by atoms with van der Waals surface area (Å²) in [6, 6.07) is 25.7. The fraction of sp³-hybridized carbons (Fsp3) is 0.0455. The summed E-state index contributed by atoms with van der Waals surface area (Å²) < 4.78 is 6.56. The molecule has 0 aliphatic rings. The maximum Gasteiger partial charge on any atom is 0.340 e. The number of hydrogen-bond acceptors (Lipinski definition) is 2. The number of benzene rings is 3. The van der Waals surface area contributed by atoms with Crippen LogP contribution in [0.3, 0.4) is 0 Å². The van der Waals surface area contributed by atoms with Crippen LogP contribution in [0.15, 0.2) is 92.5 Å². The minimum absolute atomic E-state index is 0.280. The van der Waals surface area contributed by atoms with Crippen molar-refractivity contribution >= 4 is 26.9 Å².